The van der Waals surface area contributed by atoms with Crippen LogP contribution in [0.4, 0.5) is 24.7 Å². The van der Waals surface area contributed by atoms with E-state index in [9.17, 15) is 18.0 Å². The van der Waals surface area contributed by atoms with Gasteiger partial charge < -0.3 is 11.1 Å². The van der Waals surface area contributed by atoms with E-state index in [1.165, 1.54) is 12.1 Å². The number of anilines is 2. The van der Waals surface area contributed by atoms with Gasteiger partial charge in [-0.3, -0.25) is 9.69 Å². The Balaban J connectivity index is 1.54. The number of pyridine rings is 1. The first-order valence-electron chi connectivity index (χ1n) is 13.1. The molecule has 0 saturated carbocycles. The first-order chi connectivity index (χ1) is 19.1. The van der Waals surface area contributed by atoms with E-state index in [4.69, 9.17) is 5.73 Å². The Bertz CT molecular complexity index is 1600. The number of nitrogen functional groups attached to an aromatic ring is 1. The zero-order chi connectivity index (χ0) is 28.9. The maximum Gasteiger partial charge on any atom is 0.416 e. The van der Waals surface area contributed by atoms with Gasteiger partial charge in [-0.2, -0.15) is 13.2 Å². The third-order valence-electron chi connectivity index (χ3n) is 6.70. The highest BCUT2D eigenvalue weighted by Gasteiger charge is 2.34. The molecule has 0 spiro atoms. The van der Waals surface area contributed by atoms with Crippen molar-refractivity contribution in [2.75, 3.05) is 24.1 Å². The summed E-state index contributed by atoms with van der Waals surface area (Å²) in [5.74, 6) is 6.19. The van der Waals surface area contributed by atoms with E-state index in [0.717, 1.165) is 34.4 Å². The molecule has 0 unspecified atom stereocenters. The summed E-state index contributed by atoms with van der Waals surface area (Å²) in [5, 5.41) is 4.33. The van der Waals surface area contributed by atoms with Crippen LogP contribution in [0.5, 0.6) is 0 Å². The lowest BCUT2D eigenvalue weighted by Crippen LogP contribution is -2.25. The molecule has 3 N–H and O–H groups in total. The van der Waals surface area contributed by atoms with Crippen LogP contribution in [0.3, 0.4) is 0 Å². The third kappa shape index (κ3) is 6.61. The number of amides is 1. The Labute approximate surface area is 232 Å². The van der Waals surface area contributed by atoms with Gasteiger partial charge in [-0.25, -0.2) is 4.98 Å². The van der Waals surface area contributed by atoms with Crippen LogP contribution in [0.15, 0.2) is 66.9 Å². The van der Waals surface area contributed by atoms with Crippen LogP contribution in [-0.4, -0.2) is 28.9 Å². The van der Waals surface area contributed by atoms with Crippen molar-refractivity contribution < 1.29 is 18.0 Å². The molecule has 0 radical (unpaired) electrons. The van der Waals surface area contributed by atoms with E-state index in [1.54, 1.807) is 24.4 Å². The number of hydrogen-bond donors (Lipinski definition) is 2. The first-order valence-corrected chi connectivity index (χ1v) is 13.1. The van der Waals surface area contributed by atoms with Crippen molar-refractivity contribution in [1.29, 1.82) is 0 Å². The summed E-state index contributed by atoms with van der Waals surface area (Å²) in [4.78, 5) is 19.1. The average molecular weight is 545 g/mol. The molecule has 1 heterocycles. The molecule has 5 nitrogen and oxygen atoms in total. The number of carbonyl (C=O) groups excluding carboxylic acids is 1. The summed E-state index contributed by atoms with van der Waals surface area (Å²) in [6, 6.07) is 16.6. The van der Waals surface area contributed by atoms with Gasteiger partial charge in [0, 0.05) is 40.3 Å². The molecule has 0 saturated heterocycles. The normalized spacial score (nSPS) is 11.4. The van der Waals surface area contributed by atoms with Gasteiger partial charge >= 0.3 is 6.18 Å². The second-order valence-electron chi connectivity index (χ2n) is 9.57. The number of nitrogens with two attached hydrogens (primary N) is 1. The maximum absolute atomic E-state index is 13.9. The minimum atomic E-state index is -4.54. The van der Waals surface area contributed by atoms with Crippen molar-refractivity contribution in [2.24, 2.45) is 0 Å². The van der Waals surface area contributed by atoms with Gasteiger partial charge in [0.15, 0.2) is 0 Å². The van der Waals surface area contributed by atoms with Gasteiger partial charge in [-0.1, -0.05) is 56.0 Å². The Morgan fingerprint density at radius 1 is 1.00 bits per heavy atom. The number of rotatable bonds is 7. The average Bonchev–Trinajstić information content (AvgIpc) is 2.93. The fourth-order valence-electron chi connectivity index (χ4n) is 4.56. The highest BCUT2D eigenvalue weighted by molar-refractivity contribution is 6.04. The fourth-order valence-corrected chi connectivity index (χ4v) is 4.56. The Morgan fingerprint density at radius 2 is 1.73 bits per heavy atom. The number of halogens is 3. The van der Waals surface area contributed by atoms with Crippen molar-refractivity contribution in [3.05, 3.63) is 100 Å². The van der Waals surface area contributed by atoms with Gasteiger partial charge in [-0.15, -0.1) is 0 Å². The van der Waals surface area contributed by atoms with Crippen molar-refractivity contribution in [3.63, 3.8) is 0 Å². The molecule has 0 aliphatic heterocycles. The van der Waals surface area contributed by atoms with Crippen LogP contribution in [0, 0.1) is 18.8 Å². The van der Waals surface area contributed by atoms with Crippen LogP contribution < -0.4 is 11.1 Å². The molecule has 0 bridgehead atoms. The molecule has 0 aliphatic rings. The number of nitrogens with one attached hydrogen (secondary N) is 1. The molecule has 206 valence electrons. The van der Waals surface area contributed by atoms with E-state index in [-0.39, 0.29) is 17.8 Å². The maximum atomic E-state index is 13.9. The molecule has 4 rings (SSSR count). The van der Waals surface area contributed by atoms with Gasteiger partial charge in [0.2, 0.25) is 0 Å². The van der Waals surface area contributed by atoms with Crippen LogP contribution in [0.1, 0.15) is 58.4 Å². The standard InChI is InChI=1S/C32H31F3N4O/c1-4-16-39(5-2)20-25-14-15-26(18-29(25)32(33,34)35)38-31(40)23-12-10-22(21(3)17-23)11-13-24-19-37-30(36)28-9-7-6-8-27(24)28/h6-10,12,14-15,17-19H,4-5,16,20H2,1-3H3,(H2,36,37)(H,38,40). The predicted octanol–water partition coefficient (Wildman–Crippen LogP) is 7.03. The molecule has 40 heavy (non-hydrogen) atoms. The number of carbonyl (C=O) groups is 1. The number of fused-ring (bicyclic) bond motifs is 1. The zero-order valence-corrected chi connectivity index (χ0v) is 22.7. The summed E-state index contributed by atoms with van der Waals surface area (Å²) in [7, 11) is 0. The number of aromatic nitrogens is 1. The third-order valence-corrected chi connectivity index (χ3v) is 6.70. The van der Waals surface area contributed by atoms with Crippen LogP contribution >= 0.6 is 0 Å². The van der Waals surface area contributed by atoms with Gasteiger partial charge in [0.1, 0.15) is 5.82 Å². The first kappa shape index (κ1) is 28.7. The second kappa shape index (κ2) is 12.2. The summed E-state index contributed by atoms with van der Waals surface area (Å²) in [6.45, 7) is 7.29. The van der Waals surface area contributed by atoms with Gasteiger partial charge in [0.25, 0.3) is 5.91 Å². The number of nitrogens with zero attached hydrogens (tertiary/aromatic N) is 2. The van der Waals surface area contributed by atoms with E-state index in [2.05, 4.69) is 22.1 Å². The predicted molar refractivity (Wildman–Crippen MR) is 154 cm³/mol. The molecule has 8 heteroatoms. The highest BCUT2D eigenvalue weighted by atomic mass is 19.4. The number of hydrogen-bond acceptors (Lipinski definition) is 4. The zero-order valence-electron chi connectivity index (χ0n) is 22.7. The molecule has 1 amide bonds. The summed E-state index contributed by atoms with van der Waals surface area (Å²) in [6.07, 6.45) is -2.06. The number of alkyl halides is 3. The van der Waals surface area contributed by atoms with Crippen LogP contribution in [0.25, 0.3) is 10.8 Å². The number of aryl methyl sites for hydroxylation is 1. The smallest absolute Gasteiger partial charge is 0.383 e. The molecule has 4 aromatic rings. The van der Waals surface area contributed by atoms with Crippen LogP contribution in [-0.2, 0) is 12.7 Å². The Kier molecular flexibility index (Phi) is 8.76. The summed E-state index contributed by atoms with van der Waals surface area (Å²) >= 11 is 0. The van der Waals surface area contributed by atoms with Crippen LogP contribution in [0.2, 0.25) is 0 Å². The lowest BCUT2D eigenvalue weighted by molar-refractivity contribution is -0.138. The number of benzene rings is 3. The van der Waals surface area contributed by atoms with E-state index in [1.807, 2.05) is 49.9 Å². The summed E-state index contributed by atoms with van der Waals surface area (Å²) in [5.41, 5.74) is 8.02. The van der Waals surface area contributed by atoms with E-state index in [0.29, 0.717) is 30.0 Å². The van der Waals surface area contributed by atoms with Crippen molar-refractivity contribution in [1.82, 2.24) is 9.88 Å². The largest absolute Gasteiger partial charge is 0.416 e. The van der Waals surface area contributed by atoms with Crippen molar-refractivity contribution >= 4 is 28.2 Å². The second-order valence-corrected chi connectivity index (χ2v) is 9.57. The molecule has 3 aromatic carbocycles. The molecule has 0 atom stereocenters. The van der Waals surface area contributed by atoms with E-state index < -0.39 is 17.6 Å². The lowest BCUT2D eigenvalue weighted by Gasteiger charge is -2.22. The fraction of sp³-hybridized carbons (Fsp3) is 0.250. The molecular weight excluding hydrogens is 513 g/mol. The summed E-state index contributed by atoms with van der Waals surface area (Å²) < 4.78 is 41.6. The lowest BCUT2D eigenvalue weighted by atomic mass is 10.0. The molecule has 0 aliphatic carbocycles. The quantitative estimate of drug-likeness (QED) is 0.245. The molecule has 0 fully saturated rings. The Morgan fingerprint density at radius 3 is 2.40 bits per heavy atom. The topological polar surface area (TPSA) is 71.2 Å². The monoisotopic (exact) mass is 544 g/mol. The minimum absolute atomic E-state index is 0.0869. The Hall–Kier alpha value is -4.35. The molecule has 1 aromatic heterocycles. The van der Waals surface area contributed by atoms with Gasteiger partial charge in [0.05, 0.1) is 11.1 Å². The molecular formula is C32H31F3N4O. The van der Waals surface area contributed by atoms with Crippen molar-refractivity contribution in [3.8, 4) is 11.8 Å². The highest BCUT2D eigenvalue weighted by Crippen LogP contribution is 2.34. The minimum Gasteiger partial charge on any atom is -0.383 e. The van der Waals surface area contributed by atoms with Crippen molar-refractivity contribution in [2.45, 2.75) is 39.9 Å². The SMILES string of the molecule is CCCN(CC)Cc1ccc(NC(=O)c2ccc(C#Cc3cnc(N)c4ccccc34)c(C)c2)cc1C(F)(F)F. The van der Waals surface area contributed by atoms with E-state index >= 15 is 0 Å². The van der Waals surface area contributed by atoms with Gasteiger partial charge in [-0.05, 0) is 67.9 Å².